The van der Waals surface area contributed by atoms with Gasteiger partial charge in [0, 0.05) is 48.9 Å². The van der Waals surface area contributed by atoms with Gasteiger partial charge in [0.05, 0.1) is 94.4 Å². The summed E-state index contributed by atoms with van der Waals surface area (Å²) in [6.45, 7) is -29.4. The van der Waals surface area contributed by atoms with Crippen LogP contribution in [0.1, 0.15) is 55.6 Å². The van der Waals surface area contributed by atoms with E-state index >= 15 is 17.6 Å². The molecule has 12 aromatic heterocycles. The van der Waals surface area contributed by atoms with Crippen LogP contribution in [-0.2, 0) is 146 Å². The second kappa shape index (κ2) is 36.8. The largest absolute Gasteiger partial charge is 0.398 e. The van der Waals surface area contributed by atoms with Crippen LogP contribution >= 0.6 is 52.6 Å². The molecule has 9 fully saturated rings. The number of hydrogen-bond donors (Lipinski definition) is 15. The van der Waals surface area contributed by atoms with Gasteiger partial charge in [0.1, 0.15) is 84.2 Å². The summed E-state index contributed by atoms with van der Waals surface area (Å²) >= 11 is 30.1. The molecular weight excluding hydrogens is 2060 g/mol. The first-order valence-electron chi connectivity index (χ1n) is 39.6. The molecule has 6 bridgehead atoms. The fraction of sp³-hybridized carbons (Fsp3) is 0.455. The standard InChI is InChI=1S/C24H24F2N8O9P2S2.C21H23F2N9O9P2S2.C21H24FN9O9P2S2/c1-2-24-8-39-45(37,47)43-18-16(26)12(40-22(18)34-9-30-17-20(34)31-23(28)32-21(17)35)7-38-44(36,46)42-13(24)5-14(41-24)33-6-10(25)15-11(27)3-4-29-19(15)33;22-10-8-3-36-42(34,44)40-14-9(39-19(11(14)23)31-5-27-12-7(24)1-2-26-16(12)31)4-37-43(35,45)41-15(10)20(38-8)32-6-28-13-17(32)29-21(25)30-18(13)33;22-14-12-6-36-41(33,43)39-10-3-9(8-4-27-31-13(23)1-2-25-17(8)31)37-11(10)5-35-42(34,44)40-16(14)20(38-12)30-7-26-15-18(30)28-21(24)29-19(15)32/h1,3-4,6,9,12-14,16,18,22H,5,7-8H2,(H2,27,29)(H,36,46)(H,37,47)(H3,28,31,32,35);1-2,5-6,8-11,14-15,19-20H,3-4H2,(H2,24,26)(H,34,44)(H,35,45)(H3,25,29,30,33);1-2,4,7,9-12,14,16,20H,3,5-6,23H2,(H,33,43)(H,34,44)(H3,24,28,29,32)/t12-,13+,14-,16-,18-,22-,24-,44?,45?;8-,9-,10-,11-,14-,15-,19-,20-,42?,43?;9-,10+,11-,12-,14-,16-,20-,41?,42?/m111/s1. The van der Waals surface area contributed by atoms with E-state index in [1.54, 1.807) is 6.07 Å². The van der Waals surface area contributed by atoms with Crippen molar-refractivity contribution in [2.24, 2.45) is 0 Å². The highest BCUT2D eigenvalue weighted by Crippen LogP contribution is 2.62. The minimum atomic E-state index is -4.41. The molecule has 136 heavy (non-hydrogen) atoms. The Morgan fingerprint density at radius 2 is 0.912 bits per heavy atom. The fourth-order valence-corrected chi connectivity index (χ4v) is 25.0. The number of H-pyrrole nitrogens is 3. The van der Waals surface area contributed by atoms with Crippen LogP contribution in [0.15, 0.2) is 88.9 Å². The average Bonchev–Trinajstić information content (AvgIpc) is 1.69. The van der Waals surface area contributed by atoms with E-state index in [9.17, 15) is 47.8 Å². The summed E-state index contributed by atoms with van der Waals surface area (Å²) in [6, 6.07) is 4.53. The number of nitrogens with one attached hydrogen (secondary N) is 3. The molecular formula is C66H71F5N26O27P6S6. The van der Waals surface area contributed by atoms with Gasteiger partial charge in [-0.2, -0.15) is 24.6 Å². The highest BCUT2D eigenvalue weighted by Gasteiger charge is 2.59. The van der Waals surface area contributed by atoms with Gasteiger partial charge in [0.2, 0.25) is 17.8 Å². The van der Waals surface area contributed by atoms with Gasteiger partial charge in [-0.25, -0.2) is 61.4 Å². The van der Waals surface area contributed by atoms with Gasteiger partial charge in [-0.1, -0.05) is 18.2 Å². The van der Waals surface area contributed by atoms with Crippen LogP contribution in [0.5, 0.6) is 0 Å². The van der Waals surface area contributed by atoms with Crippen LogP contribution in [-0.4, -0.2) is 259 Å². The zero-order valence-corrected chi connectivity index (χ0v) is 78.5. The number of nitrogens with two attached hydrogens (primary N) is 6. The first-order valence-corrected chi connectivity index (χ1v) is 55.2. The molecule has 12 aromatic rings. The first-order chi connectivity index (χ1) is 64.4. The molecule has 70 heteroatoms. The number of nitrogen functional groups attached to an aromatic ring is 6. The summed E-state index contributed by atoms with van der Waals surface area (Å²) in [5.74, 6) is 1.34. The molecule has 21 rings (SSSR count). The Bertz CT molecular complexity index is 7300. The molecule has 0 aliphatic carbocycles. The van der Waals surface area contributed by atoms with E-state index in [2.05, 4.69) is 88.1 Å². The minimum Gasteiger partial charge on any atom is -0.398 e. The maximum absolute atomic E-state index is 16.0. The third-order valence-electron chi connectivity index (χ3n) is 22.5. The molecule has 0 radical (unpaired) electrons. The molecule has 0 aromatic carbocycles. The molecule has 0 spiro atoms. The van der Waals surface area contributed by atoms with Gasteiger partial charge in [0.15, 0.2) is 106 Å². The Balaban J connectivity index is 0.000000131. The number of alkyl halides is 4. The lowest BCUT2D eigenvalue weighted by atomic mass is 9.99. The lowest BCUT2D eigenvalue weighted by Crippen LogP contribution is -2.43. The number of hydrogen-bond acceptors (Lipinski definition) is 44. The van der Waals surface area contributed by atoms with Crippen molar-refractivity contribution in [2.45, 2.75) is 148 Å². The monoisotopic (exact) mass is 2130 g/mol. The zero-order chi connectivity index (χ0) is 96.3. The van der Waals surface area contributed by atoms with Crippen molar-refractivity contribution >= 4 is 208 Å². The quantitative estimate of drug-likeness (QED) is 0.0492. The molecule has 20 N–H and O–H groups in total. The third kappa shape index (κ3) is 18.7. The van der Waals surface area contributed by atoms with E-state index in [-0.39, 0.29) is 86.5 Å². The van der Waals surface area contributed by atoms with Crippen molar-refractivity contribution in [3.63, 3.8) is 0 Å². The summed E-state index contributed by atoms with van der Waals surface area (Å²) in [5.41, 5.74) is 32.5. The first kappa shape index (κ1) is 96.8. The van der Waals surface area contributed by atoms with Gasteiger partial charge in [-0.3, -0.25) is 70.2 Å². The maximum atomic E-state index is 16.0. The Hall–Kier alpha value is -8.10. The lowest BCUT2D eigenvalue weighted by molar-refractivity contribution is -0.0894. The minimum absolute atomic E-state index is 0.0407. The van der Waals surface area contributed by atoms with Crippen LogP contribution in [0, 0.1) is 18.2 Å². The van der Waals surface area contributed by atoms with Gasteiger partial charge < -0.3 is 124 Å². The number of aromatic nitrogens is 20. The van der Waals surface area contributed by atoms with Gasteiger partial charge in [-0.15, -0.1) is 6.42 Å². The number of rotatable bonds is 6. The number of nitrogens with zero attached hydrogens (tertiary/aromatic N) is 17. The zero-order valence-electron chi connectivity index (χ0n) is 68.1. The Morgan fingerprint density at radius 1 is 0.478 bits per heavy atom. The van der Waals surface area contributed by atoms with Crippen molar-refractivity contribution in [3.8, 4) is 12.3 Å². The molecule has 6 unspecified atom stereocenters. The summed E-state index contributed by atoms with van der Waals surface area (Å²) in [5, 5.41) is 4.29. The number of aromatic amines is 3. The van der Waals surface area contributed by atoms with Gasteiger partial charge >= 0.3 is 40.4 Å². The predicted octanol–water partition coefficient (Wildman–Crippen LogP) is 2.87. The van der Waals surface area contributed by atoms with E-state index in [0.29, 0.717) is 28.2 Å². The predicted molar refractivity (Wildman–Crippen MR) is 479 cm³/mol. The normalized spacial score (nSPS) is 36.9. The second-order valence-electron chi connectivity index (χ2n) is 31.1. The number of ether oxygens (including phenoxy) is 6. The summed E-state index contributed by atoms with van der Waals surface area (Å²) in [6.07, 6.45) is -13.5. The molecule has 9 aliphatic heterocycles. The molecule has 21 heterocycles. The molecule has 28 atom stereocenters. The van der Waals surface area contributed by atoms with E-state index in [0.717, 1.165) is 34.3 Å². The van der Waals surface area contributed by atoms with Crippen LogP contribution in [0.3, 0.4) is 0 Å². The van der Waals surface area contributed by atoms with E-state index < -0.39 is 237 Å². The highest BCUT2D eigenvalue weighted by atomic mass is 32.7. The van der Waals surface area contributed by atoms with Crippen molar-refractivity contribution < 1.29 is 134 Å². The number of terminal acetylenes is 1. The van der Waals surface area contributed by atoms with E-state index in [1.165, 1.54) is 61.5 Å². The molecule has 53 nitrogen and oxygen atoms in total. The van der Waals surface area contributed by atoms with Crippen LogP contribution in [0.2, 0.25) is 0 Å². The lowest BCUT2D eigenvalue weighted by Gasteiger charge is -2.32. The average molecular weight is 2130 g/mol. The van der Waals surface area contributed by atoms with Crippen molar-refractivity contribution in [2.75, 3.05) is 74.0 Å². The second-order valence-corrected chi connectivity index (χ2v) is 47.9. The van der Waals surface area contributed by atoms with Crippen LogP contribution in [0.25, 0.3) is 61.3 Å². The number of pyridine rings is 2. The topological polar surface area (TPSA) is 710 Å². The van der Waals surface area contributed by atoms with Crippen molar-refractivity contribution in [1.29, 1.82) is 0 Å². The van der Waals surface area contributed by atoms with Gasteiger partial charge in [-0.05, 0) is 77.2 Å². The third-order valence-corrected chi connectivity index (χ3v) is 32.0. The van der Waals surface area contributed by atoms with Crippen LogP contribution < -0.4 is 51.1 Å². The molecule has 9 aliphatic rings. The number of fused-ring (bicyclic) bond motifs is 15. The Labute approximate surface area is 785 Å². The van der Waals surface area contributed by atoms with Crippen molar-refractivity contribution in [3.05, 3.63) is 117 Å². The SMILES string of the molecule is C#C[C@@]12COP(O)(=S)O[C@@H]3[C@H](F)[C@@H](COP(O)(=S)O[C@H]1C[C@H](n1cc(F)c4c(N)ccnc41)O2)O[C@H]3n1cnc2c(=O)[nH]c(N)nc21.Nc1nc2c(ncn2[C@@H]2O[C@@H]3COP(O)(=S)O[C@H]4C[C@H](c5cnn6c(N)ccnc56)O[C@@H]4COP(=O)(S)O[C@@H]2[C@@H]3F)c(=O)[nH]1.Nc1nc2c(ncn2[C@@H]2O[C@@H]3COP(O)(=S)O[C@H]4[C@@H](F)[C@H](n5cnc6c(N)ccnc65)O[C@@H]4COP(O)(=S)O[C@@H]2[C@@H]3F)c(=O)[nH]1. The number of thiol groups is 1. The molecule has 728 valence electrons. The summed E-state index contributed by atoms with van der Waals surface area (Å²) in [4.78, 5) is 140. The number of imidazole rings is 4. The molecule has 0 amide bonds. The van der Waals surface area contributed by atoms with Crippen molar-refractivity contribution in [1.82, 2.24) is 97.2 Å². The Kier molecular flexibility index (Phi) is 26.2. The van der Waals surface area contributed by atoms with E-state index in [4.69, 9.17) is 183 Å². The highest BCUT2D eigenvalue weighted by molar-refractivity contribution is 8.44. The number of halogens is 5. The smallest absolute Gasteiger partial charge is 0.386 e. The number of anilines is 6. The Morgan fingerprint density at radius 3 is 1.44 bits per heavy atom. The van der Waals surface area contributed by atoms with Gasteiger partial charge in [0.25, 0.3) is 16.7 Å². The van der Waals surface area contributed by atoms with E-state index in [1.807, 2.05) is 0 Å². The summed E-state index contributed by atoms with van der Waals surface area (Å²) < 4.78 is 202. The summed E-state index contributed by atoms with van der Waals surface area (Å²) in [7, 11) is 0. The fourth-order valence-electron chi connectivity index (χ4n) is 16.4. The molecule has 0 saturated carbocycles. The maximum Gasteiger partial charge on any atom is 0.386 e. The van der Waals surface area contributed by atoms with Crippen LogP contribution in [0.4, 0.5) is 57.0 Å². The molecule has 9 saturated heterocycles.